The van der Waals surface area contributed by atoms with Crippen molar-refractivity contribution in [3.8, 4) is 0 Å². The number of carbonyl (C=O) groups excluding carboxylic acids is 1. The molecule has 20 heavy (non-hydrogen) atoms. The first-order valence-electron chi connectivity index (χ1n) is 7.03. The molecule has 1 aromatic carbocycles. The van der Waals surface area contributed by atoms with Crippen molar-refractivity contribution in [3.63, 3.8) is 0 Å². The fourth-order valence-electron chi connectivity index (χ4n) is 2.27. The third-order valence-corrected chi connectivity index (χ3v) is 4.93. The highest BCUT2D eigenvalue weighted by Gasteiger charge is 2.19. The second kappa shape index (κ2) is 8.55. The van der Waals surface area contributed by atoms with Gasteiger partial charge in [-0.15, -0.1) is 24.2 Å². The van der Waals surface area contributed by atoms with Crippen LogP contribution in [0.3, 0.4) is 0 Å². The molecule has 3 N–H and O–H groups in total. The highest BCUT2D eigenvalue weighted by atomic mass is 35.5. The number of nitrogens with one attached hydrogen (secondary N) is 1. The van der Waals surface area contributed by atoms with Gasteiger partial charge in [-0.1, -0.05) is 31.9 Å². The Hall–Kier alpha value is -0.710. The van der Waals surface area contributed by atoms with Crippen molar-refractivity contribution in [1.29, 1.82) is 0 Å². The molecule has 1 saturated carbocycles. The van der Waals surface area contributed by atoms with Gasteiger partial charge in [0.1, 0.15) is 0 Å². The van der Waals surface area contributed by atoms with Crippen LogP contribution in [0.2, 0.25) is 0 Å². The lowest BCUT2D eigenvalue weighted by atomic mass is 10.2. The number of halogens is 1. The molecule has 1 aliphatic rings. The minimum Gasteiger partial charge on any atom is -0.324 e. The lowest BCUT2D eigenvalue weighted by Crippen LogP contribution is -2.34. The molecular weight excluding hydrogens is 292 g/mol. The summed E-state index contributed by atoms with van der Waals surface area (Å²) in [6.07, 6.45) is 5.87. The third-order valence-electron chi connectivity index (χ3n) is 3.52. The predicted molar refractivity (Wildman–Crippen MR) is 88.7 cm³/mol. The third kappa shape index (κ3) is 4.69. The zero-order valence-corrected chi connectivity index (χ0v) is 13.4. The standard InChI is InChI=1S/C15H22N2OS.ClH/c1-2-12(16)15(18)17-13-9-5-6-10-14(13)19-11-7-3-4-8-11;/h5-6,9-12H,2-4,7-8,16H2,1H3,(H,17,18);1H/t12-;/m0./s1. The van der Waals surface area contributed by atoms with E-state index in [1.54, 1.807) is 0 Å². The quantitative estimate of drug-likeness (QED) is 0.868. The molecule has 3 nitrogen and oxygen atoms in total. The Balaban J connectivity index is 0.00000200. The number of rotatable bonds is 5. The molecule has 1 fully saturated rings. The summed E-state index contributed by atoms with van der Waals surface area (Å²) in [5, 5.41) is 3.64. The number of thioether (sulfide) groups is 1. The number of carbonyl (C=O) groups is 1. The van der Waals surface area contributed by atoms with E-state index in [0.29, 0.717) is 11.7 Å². The molecule has 0 radical (unpaired) electrons. The van der Waals surface area contributed by atoms with E-state index in [2.05, 4.69) is 11.4 Å². The van der Waals surface area contributed by atoms with Crippen molar-refractivity contribution in [2.45, 2.75) is 55.2 Å². The Kier molecular flexibility index (Phi) is 7.41. The monoisotopic (exact) mass is 314 g/mol. The van der Waals surface area contributed by atoms with E-state index in [9.17, 15) is 4.79 Å². The molecule has 112 valence electrons. The molecule has 0 bridgehead atoms. The number of anilines is 1. The van der Waals surface area contributed by atoms with Crippen LogP contribution in [0.5, 0.6) is 0 Å². The van der Waals surface area contributed by atoms with Crippen LogP contribution in [-0.2, 0) is 4.79 Å². The number of amides is 1. The second-order valence-corrected chi connectivity index (χ2v) is 6.37. The number of nitrogens with two attached hydrogens (primary N) is 1. The summed E-state index contributed by atoms with van der Waals surface area (Å²) >= 11 is 1.88. The van der Waals surface area contributed by atoms with E-state index in [-0.39, 0.29) is 18.3 Å². The van der Waals surface area contributed by atoms with Gasteiger partial charge in [0.2, 0.25) is 5.91 Å². The summed E-state index contributed by atoms with van der Waals surface area (Å²) in [6, 6.07) is 7.58. The Morgan fingerprint density at radius 3 is 2.70 bits per heavy atom. The number of hydrogen-bond donors (Lipinski definition) is 2. The van der Waals surface area contributed by atoms with Crippen molar-refractivity contribution in [2.75, 3.05) is 5.32 Å². The van der Waals surface area contributed by atoms with Gasteiger partial charge in [0.25, 0.3) is 0 Å². The van der Waals surface area contributed by atoms with Gasteiger partial charge in [-0.25, -0.2) is 0 Å². The van der Waals surface area contributed by atoms with Crippen molar-refractivity contribution < 1.29 is 4.79 Å². The Labute approximate surface area is 131 Å². The molecule has 1 amide bonds. The second-order valence-electron chi connectivity index (χ2n) is 5.02. The molecule has 0 aromatic heterocycles. The van der Waals surface area contributed by atoms with E-state index in [4.69, 9.17) is 5.73 Å². The van der Waals surface area contributed by atoms with Crippen LogP contribution < -0.4 is 11.1 Å². The average molecular weight is 315 g/mol. The Morgan fingerprint density at radius 2 is 2.05 bits per heavy atom. The van der Waals surface area contributed by atoms with Gasteiger partial charge in [0.05, 0.1) is 11.7 Å². The van der Waals surface area contributed by atoms with Gasteiger partial charge in [-0.3, -0.25) is 4.79 Å². The molecule has 0 saturated heterocycles. The largest absolute Gasteiger partial charge is 0.324 e. The molecule has 1 aliphatic carbocycles. The molecule has 0 heterocycles. The fraction of sp³-hybridized carbons (Fsp3) is 0.533. The van der Waals surface area contributed by atoms with Crippen LogP contribution in [0.25, 0.3) is 0 Å². The van der Waals surface area contributed by atoms with Crippen LogP contribution >= 0.6 is 24.2 Å². The lowest BCUT2D eigenvalue weighted by molar-refractivity contribution is -0.117. The summed E-state index contributed by atoms with van der Waals surface area (Å²) in [4.78, 5) is 13.0. The normalized spacial score (nSPS) is 16.5. The highest BCUT2D eigenvalue weighted by Crippen LogP contribution is 2.37. The van der Waals surface area contributed by atoms with Gasteiger partial charge >= 0.3 is 0 Å². The average Bonchev–Trinajstić information content (AvgIpc) is 2.93. The Bertz CT molecular complexity index is 436. The summed E-state index contributed by atoms with van der Waals surface area (Å²) < 4.78 is 0. The number of hydrogen-bond acceptors (Lipinski definition) is 3. The van der Waals surface area contributed by atoms with Gasteiger partial charge in [-0.05, 0) is 31.4 Å². The molecule has 1 atom stereocenters. The topological polar surface area (TPSA) is 55.1 Å². The summed E-state index contributed by atoms with van der Waals surface area (Å²) in [7, 11) is 0. The lowest BCUT2D eigenvalue weighted by Gasteiger charge is -2.15. The first-order chi connectivity index (χ1) is 9.20. The van der Waals surface area contributed by atoms with Gasteiger partial charge < -0.3 is 11.1 Å². The van der Waals surface area contributed by atoms with Crippen molar-refractivity contribution in [3.05, 3.63) is 24.3 Å². The van der Waals surface area contributed by atoms with Crippen LogP contribution in [0.15, 0.2) is 29.2 Å². The maximum absolute atomic E-state index is 11.9. The van der Waals surface area contributed by atoms with E-state index in [0.717, 1.165) is 10.6 Å². The maximum Gasteiger partial charge on any atom is 0.241 e. The van der Waals surface area contributed by atoms with Gasteiger partial charge in [0.15, 0.2) is 0 Å². The van der Waals surface area contributed by atoms with Gasteiger partial charge in [-0.2, -0.15) is 0 Å². The molecule has 1 aromatic rings. The van der Waals surface area contributed by atoms with E-state index in [1.165, 1.54) is 25.7 Å². The summed E-state index contributed by atoms with van der Waals surface area (Å²) in [6.45, 7) is 1.92. The van der Waals surface area contributed by atoms with Crippen LogP contribution in [0.1, 0.15) is 39.0 Å². The van der Waals surface area contributed by atoms with Crippen LogP contribution in [-0.4, -0.2) is 17.2 Å². The molecule has 0 aliphatic heterocycles. The highest BCUT2D eigenvalue weighted by molar-refractivity contribution is 8.00. The maximum atomic E-state index is 11.9. The van der Waals surface area contributed by atoms with Gasteiger partial charge in [0, 0.05) is 10.1 Å². The van der Waals surface area contributed by atoms with Crippen molar-refractivity contribution in [1.82, 2.24) is 0 Å². The van der Waals surface area contributed by atoms with E-state index < -0.39 is 6.04 Å². The fourth-order valence-corrected chi connectivity index (χ4v) is 3.60. The van der Waals surface area contributed by atoms with E-state index >= 15 is 0 Å². The SMILES string of the molecule is CC[C@H](N)C(=O)Nc1ccccc1SC1CCCC1.Cl. The first kappa shape index (κ1) is 17.3. The van der Waals surface area contributed by atoms with Crippen LogP contribution in [0.4, 0.5) is 5.69 Å². The smallest absolute Gasteiger partial charge is 0.241 e. The molecular formula is C15H23ClN2OS. The molecule has 0 spiro atoms. The number of benzene rings is 1. The van der Waals surface area contributed by atoms with Crippen molar-refractivity contribution in [2.24, 2.45) is 5.73 Å². The van der Waals surface area contributed by atoms with Crippen LogP contribution in [0, 0.1) is 0 Å². The minimum absolute atomic E-state index is 0. The molecule has 5 heteroatoms. The first-order valence-corrected chi connectivity index (χ1v) is 7.90. The van der Waals surface area contributed by atoms with E-state index in [1.807, 2.05) is 36.9 Å². The summed E-state index contributed by atoms with van der Waals surface area (Å²) in [5.74, 6) is -0.0954. The molecule has 2 rings (SSSR count). The Morgan fingerprint density at radius 1 is 1.40 bits per heavy atom. The molecule has 0 unspecified atom stereocenters. The predicted octanol–water partition coefficient (Wildman–Crippen LogP) is 3.82. The summed E-state index contributed by atoms with van der Waals surface area (Å²) in [5.41, 5.74) is 6.66. The minimum atomic E-state index is -0.426. The van der Waals surface area contributed by atoms with Crippen molar-refractivity contribution >= 4 is 35.8 Å². The zero-order valence-electron chi connectivity index (χ0n) is 11.8. The zero-order chi connectivity index (χ0) is 13.7. The number of para-hydroxylation sites is 1.